The third-order valence-corrected chi connectivity index (χ3v) is 4.28. The van der Waals surface area contributed by atoms with Crippen LogP contribution in [0.5, 0.6) is 5.88 Å². The van der Waals surface area contributed by atoms with Crippen molar-refractivity contribution >= 4 is 5.82 Å². The van der Waals surface area contributed by atoms with E-state index in [1.165, 1.54) is 4.57 Å². The molecule has 9 heteroatoms. The molecular weight excluding hydrogens is 339 g/mol. The maximum Gasteiger partial charge on any atom is 0.352 e. The molecule has 132 valence electrons. The lowest BCUT2D eigenvalue weighted by molar-refractivity contribution is 0.0195. The van der Waals surface area contributed by atoms with E-state index in [-0.39, 0.29) is 24.2 Å². The maximum atomic E-state index is 13.7. The van der Waals surface area contributed by atoms with Gasteiger partial charge in [0.1, 0.15) is 18.2 Å². The highest BCUT2D eigenvalue weighted by molar-refractivity contribution is 5.44. The monoisotopic (exact) mass is 353 g/mol. The quantitative estimate of drug-likeness (QED) is 0.782. The van der Waals surface area contributed by atoms with Gasteiger partial charge < -0.3 is 14.4 Å². The summed E-state index contributed by atoms with van der Waals surface area (Å²) in [6.07, 6.45) is -0.0520. The molecule has 0 radical (unpaired) electrons. The SMILES string of the molecule is O=c1nc(OCc2cc(F)c(F)cc2F)cc2n1CC1CN2CCO1. The number of fused-ring (bicyclic) bond motifs is 4. The van der Waals surface area contributed by atoms with Crippen molar-refractivity contribution in [1.29, 1.82) is 0 Å². The largest absolute Gasteiger partial charge is 0.472 e. The summed E-state index contributed by atoms with van der Waals surface area (Å²) < 4.78 is 52.2. The highest BCUT2D eigenvalue weighted by Gasteiger charge is 2.30. The molecule has 2 aliphatic heterocycles. The molecule has 1 atom stereocenters. The molecule has 2 aliphatic rings. The first-order chi connectivity index (χ1) is 12.0. The summed E-state index contributed by atoms with van der Waals surface area (Å²) in [5.74, 6) is -2.71. The Kier molecular flexibility index (Phi) is 3.87. The van der Waals surface area contributed by atoms with Crippen molar-refractivity contribution < 1.29 is 22.6 Å². The summed E-state index contributed by atoms with van der Waals surface area (Å²) in [6.45, 7) is 1.91. The highest BCUT2D eigenvalue weighted by atomic mass is 19.2. The van der Waals surface area contributed by atoms with Crippen molar-refractivity contribution in [3.05, 3.63) is 51.7 Å². The summed E-state index contributed by atoms with van der Waals surface area (Å²) in [7, 11) is 0. The minimum atomic E-state index is -1.27. The van der Waals surface area contributed by atoms with E-state index in [2.05, 4.69) is 4.98 Å². The standard InChI is InChI=1S/C16H14F3N3O3/c17-11-4-13(19)12(18)3-9(11)8-25-14-5-15-21-1-2-24-10(6-21)7-22(15)16(23)20-14/h3-5,10H,1-2,6-8H2. The lowest BCUT2D eigenvalue weighted by Crippen LogP contribution is -2.52. The van der Waals surface area contributed by atoms with Crippen LogP contribution in [0.2, 0.25) is 0 Å². The first-order valence-corrected chi connectivity index (χ1v) is 7.76. The molecule has 2 aromatic rings. The van der Waals surface area contributed by atoms with E-state index in [1.54, 1.807) is 6.07 Å². The van der Waals surface area contributed by atoms with Crippen LogP contribution in [0.3, 0.4) is 0 Å². The lowest BCUT2D eigenvalue weighted by Gasteiger charge is -2.40. The van der Waals surface area contributed by atoms with Gasteiger partial charge in [0, 0.05) is 30.8 Å². The normalized spacial score (nSPS) is 18.8. The van der Waals surface area contributed by atoms with Crippen LogP contribution < -0.4 is 15.3 Å². The van der Waals surface area contributed by atoms with E-state index < -0.39 is 23.1 Å². The van der Waals surface area contributed by atoms with Gasteiger partial charge in [-0.15, -0.1) is 0 Å². The van der Waals surface area contributed by atoms with E-state index in [4.69, 9.17) is 9.47 Å². The van der Waals surface area contributed by atoms with Gasteiger partial charge in [0.25, 0.3) is 0 Å². The van der Waals surface area contributed by atoms with Crippen molar-refractivity contribution in [2.75, 3.05) is 24.6 Å². The smallest absolute Gasteiger partial charge is 0.352 e. The molecule has 4 rings (SSSR count). The van der Waals surface area contributed by atoms with Crippen LogP contribution in [0.15, 0.2) is 23.0 Å². The number of halogens is 3. The van der Waals surface area contributed by atoms with Crippen molar-refractivity contribution in [2.45, 2.75) is 19.3 Å². The molecule has 1 fully saturated rings. The third-order valence-electron chi connectivity index (χ3n) is 4.28. The van der Waals surface area contributed by atoms with Crippen LogP contribution in [-0.4, -0.2) is 35.4 Å². The molecule has 0 saturated carbocycles. The zero-order valence-corrected chi connectivity index (χ0v) is 13.0. The van der Waals surface area contributed by atoms with Gasteiger partial charge in [0.2, 0.25) is 5.88 Å². The summed E-state index contributed by atoms with van der Waals surface area (Å²) in [6, 6.07) is 2.76. The Bertz CT molecular complexity index is 887. The Morgan fingerprint density at radius 2 is 1.96 bits per heavy atom. The number of nitrogens with zero attached hydrogens (tertiary/aromatic N) is 3. The average Bonchev–Trinajstić information content (AvgIpc) is 2.58. The third kappa shape index (κ3) is 2.95. The van der Waals surface area contributed by atoms with Gasteiger partial charge in [-0.1, -0.05) is 0 Å². The molecule has 1 aromatic carbocycles. The second-order valence-electron chi connectivity index (χ2n) is 5.93. The lowest BCUT2D eigenvalue weighted by atomic mass is 10.2. The van der Waals surface area contributed by atoms with E-state index in [0.717, 1.165) is 6.07 Å². The Morgan fingerprint density at radius 3 is 2.80 bits per heavy atom. The fourth-order valence-electron chi connectivity index (χ4n) is 3.05. The molecule has 0 N–H and O–H groups in total. The summed E-state index contributed by atoms with van der Waals surface area (Å²) in [5.41, 5.74) is -0.664. The van der Waals surface area contributed by atoms with Crippen LogP contribution in [0, 0.1) is 17.5 Å². The fraction of sp³-hybridized carbons (Fsp3) is 0.375. The van der Waals surface area contributed by atoms with Gasteiger partial charge in [0.15, 0.2) is 11.6 Å². The van der Waals surface area contributed by atoms with Gasteiger partial charge in [-0.05, 0) is 6.07 Å². The number of ether oxygens (including phenoxy) is 2. The second kappa shape index (κ2) is 6.07. The van der Waals surface area contributed by atoms with E-state index in [1.807, 2.05) is 4.90 Å². The summed E-state index contributed by atoms with van der Waals surface area (Å²) >= 11 is 0. The molecule has 1 aromatic heterocycles. The van der Waals surface area contributed by atoms with Gasteiger partial charge in [-0.2, -0.15) is 4.98 Å². The molecular formula is C16H14F3N3O3. The van der Waals surface area contributed by atoms with Crippen LogP contribution >= 0.6 is 0 Å². The molecule has 6 nitrogen and oxygen atoms in total. The van der Waals surface area contributed by atoms with Crippen LogP contribution in [0.1, 0.15) is 5.56 Å². The summed E-state index contributed by atoms with van der Waals surface area (Å²) in [5, 5.41) is 0. The van der Waals surface area contributed by atoms with E-state index in [9.17, 15) is 18.0 Å². The first-order valence-electron chi connectivity index (χ1n) is 7.76. The average molecular weight is 353 g/mol. The van der Waals surface area contributed by atoms with Gasteiger partial charge in [0.05, 0.1) is 19.3 Å². The Hall–Kier alpha value is -2.55. The van der Waals surface area contributed by atoms with Crippen molar-refractivity contribution in [3.63, 3.8) is 0 Å². The Morgan fingerprint density at radius 1 is 1.16 bits per heavy atom. The fourth-order valence-corrected chi connectivity index (χ4v) is 3.05. The second-order valence-corrected chi connectivity index (χ2v) is 5.93. The van der Waals surface area contributed by atoms with Gasteiger partial charge in [-0.3, -0.25) is 4.57 Å². The molecule has 25 heavy (non-hydrogen) atoms. The highest BCUT2D eigenvalue weighted by Crippen LogP contribution is 2.26. The van der Waals surface area contributed by atoms with Crippen LogP contribution in [-0.2, 0) is 17.9 Å². The van der Waals surface area contributed by atoms with Gasteiger partial charge in [-0.25, -0.2) is 18.0 Å². The minimum Gasteiger partial charge on any atom is -0.472 e. The predicted molar refractivity (Wildman–Crippen MR) is 81.1 cm³/mol. The Balaban J connectivity index is 1.59. The maximum absolute atomic E-state index is 13.7. The zero-order valence-electron chi connectivity index (χ0n) is 13.0. The first kappa shape index (κ1) is 15.9. The van der Waals surface area contributed by atoms with Crippen molar-refractivity contribution in [2.24, 2.45) is 0 Å². The molecule has 3 heterocycles. The molecule has 1 unspecified atom stereocenters. The van der Waals surface area contributed by atoms with Crippen molar-refractivity contribution in [1.82, 2.24) is 9.55 Å². The molecule has 1 saturated heterocycles. The number of anilines is 1. The molecule has 2 bridgehead atoms. The number of hydrogen-bond acceptors (Lipinski definition) is 5. The minimum absolute atomic E-state index is 0.00493. The van der Waals surface area contributed by atoms with Crippen LogP contribution in [0.4, 0.5) is 19.0 Å². The van der Waals surface area contributed by atoms with E-state index >= 15 is 0 Å². The number of morpholine rings is 1. The van der Waals surface area contributed by atoms with Crippen molar-refractivity contribution in [3.8, 4) is 5.88 Å². The number of hydrogen-bond donors (Lipinski definition) is 0. The number of aromatic nitrogens is 2. The molecule has 0 aliphatic carbocycles. The van der Waals surface area contributed by atoms with E-state index in [0.29, 0.717) is 38.1 Å². The predicted octanol–water partition coefficient (Wildman–Crippen LogP) is 1.46. The molecule has 0 spiro atoms. The summed E-state index contributed by atoms with van der Waals surface area (Å²) in [4.78, 5) is 18.0. The molecule has 0 amide bonds. The topological polar surface area (TPSA) is 56.6 Å². The zero-order chi connectivity index (χ0) is 17.6. The number of rotatable bonds is 3. The van der Waals surface area contributed by atoms with Crippen LogP contribution in [0.25, 0.3) is 0 Å². The van der Waals surface area contributed by atoms with Gasteiger partial charge >= 0.3 is 5.69 Å². The Labute approximate surface area is 140 Å². The number of benzene rings is 1.